The monoisotopic (exact) mass is 264 g/mol. The van der Waals surface area contributed by atoms with Crippen molar-refractivity contribution < 1.29 is 0 Å². The lowest BCUT2D eigenvalue weighted by Gasteiger charge is -2.40. The summed E-state index contributed by atoms with van der Waals surface area (Å²) in [7, 11) is 0. The summed E-state index contributed by atoms with van der Waals surface area (Å²) in [6.45, 7) is 8.59. The summed E-state index contributed by atoms with van der Waals surface area (Å²) >= 11 is 0. The SMILES string of the molecule is CCNC1CCC(CC)CC1CN1CC2CCC1C2. The van der Waals surface area contributed by atoms with Gasteiger partial charge in [-0.05, 0) is 62.8 Å². The standard InChI is InChI=1S/C17H32N2/c1-3-13-6-8-17(18-4-2)15(9-13)12-19-11-14-5-7-16(19)10-14/h13-18H,3-12H2,1-2H3. The second-order valence-electron chi connectivity index (χ2n) is 7.30. The lowest BCUT2D eigenvalue weighted by molar-refractivity contribution is 0.118. The van der Waals surface area contributed by atoms with Crippen LogP contribution in [0.25, 0.3) is 0 Å². The molecule has 2 aliphatic carbocycles. The maximum Gasteiger partial charge on any atom is 0.0108 e. The summed E-state index contributed by atoms with van der Waals surface area (Å²) in [4.78, 5) is 2.85. The second-order valence-corrected chi connectivity index (χ2v) is 7.30. The van der Waals surface area contributed by atoms with Crippen LogP contribution in [0.15, 0.2) is 0 Å². The fourth-order valence-electron chi connectivity index (χ4n) is 5.02. The molecule has 0 amide bonds. The molecule has 19 heavy (non-hydrogen) atoms. The minimum atomic E-state index is 0.798. The van der Waals surface area contributed by atoms with Crippen LogP contribution in [0.1, 0.15) is 58.8 Å². The molecule has 3 rings (SSSR count). The number of hydrogen-bond donors (Lipinski definition) is 1. The van der Waals surface area contributed by atoms with Gasteiger partial charge in [0.2, 0.25) is 0 Å². The van der Waals surface area contributed by atoms with Crippen LogP contribution in [-0.4, -0.2) is 36.6 Å². The Morgan fingerprint density at radius 1 is 1.05 bits per heavy atom. The van der Waals surface area contributed by atoms with Gasteiger partial charge in [-0.25, -0.2) is 0 Å². The third-order valence-electron chi connectivity index (χ3n) is 6.13. The Morgan fingerprint density at radius 2 is 1.95 bits per heavy atom. The van der Waals surface area contributed by atoms with Crippen molar-refractivity contribution in [3.63, 3.8) is 0 Å². The van der Waals surface area contributed by atoms with Crippen molar-refractivity contribution in [2.45, 2.75) is 70.9 Å². The Morgan fingerprint density at radius 3 is 2.58 bits per heavy atom. The summed E-state index contributed by atoms with van der Waals surface area (Å²) in [5.74, 6) is 2.96. The van der Waals surface area contributed by atoms with Crippen molar-refractivity contribution in [1.29, 1.82) is 0 Å². The molecule has 2 saturated carbocycles. The first-order valence-corrected chi connectivity index (χ1v) is 8.77. The molecule has 1 saturated heterocycles. The normalized spacial score (nSPS) is 42.9. The van der Waals surface area contributed by atoms with Gasteiger partial charge in [0.15, 0.2) is 0 Å². The molecular formula is C17H32N2. The van der Waals surface area contributed by atoms with E-state index in [9.17, 15) is 0 Å². The third kappa shape index (κ3) is 3.00. The van der Waals surface area contributed by atoms with E-state index in [-0.39, 0.29) is 0 Å². The van der Waals surface area contributed by atoms with Crippen LogP contribution in [0.5, 0.6) is 0 Å². The molecule has 3 aliphatic rings. The Labute approximate surface area is 119 Å². The van der Waals surface area contributed by atoms with Gasteiger partial charge in [-0.3, -0.25) is 4.90 Å². The van der Waals surface area contributed by atoms with Gasteiger partial charge >= 0.3 is 0 Å². The molecule has 1 heterocycles. The Kier molecular flexibility index (Phi) is 4.48. The lowest BCUT2D eigenvalue weighted by Crippen LogP contribution is -2.47. The van der Waals surface area contributed by atoms with Gasteiger partial charge in [0.05, 0.1) is 0 Å². The summed E-state index contributed by atoms with van der Waals surface area (Å²) in [5, 5.41) is 3.77. The zero-order valence-electron chi connectivity index (χ0n) is 12.9. The topological polar surface area (TPSA) is 15.3 Å². The van der Waals surface area contributed by atoms with Gasteiger partial charge < -0.3 is 5.32 Å². The Balaban J connectivity index is 1.58. The molecule has 5 unspecified atom stereocenters. The molecule has 0 spiro atoms. The van der Waals surface area contributed by atoms with E-state index in [1.54, 1.807) is 0 Å². The van der Waals surface area contributed by atoms with Gasteiger partial charge in [0.25, 0.3) is 0 Å². The maximum absolute atomic E-state index is 3.77. The van der Waals surface area contributed by atoms with Gasteiger partial charge in [-0.1, -0.05) is 20.3 Å². The smallest absolute Gasteiger partial charge is 0.0108 e. The predicted octanol–water partition coefficient (Wildman–Crippen LogP) is 3.28. The number of hydrogen-bond acceptors (Lipinski definition) is 2. The molecule has 1 aliphatic heterocycles. The average molecular weight is 264 g/mol. The van der Waals surface area contributed by atoms with Gasteiger partial charge in [-0.2, -0.15) is 0 Å². The zero-order valence-corrected chi connectivity index (χ0v) is 12.9. The predicted molar refractivity (Wildman–Crippen MR) is 81.3 cm³/mol. The Hall–Kier alpha value is -0.0800. The van der Waals surface area contributed by atoms with Crippen molar-refractivity contribution in [2.75, 3.05) is 19.6 Å². The number of likely N-dealkylation sites (tertiary alicyclic amines) is 1. The van der Waals surface area contributed by atoms with Crippen LogP contribution < -0.4 is 5.32 Å². The van der Waals surface area contributed by atoms with E-state index in [0.29, 0.717) is 0 Å². The fraction of sp³-hybridized carbons (Fsp3) is 1.00. The molecule has 0 aromatic carbocycles. The molecule has 0 radical (unpaired) electrons. The molecule has 2 bridgehead atoms. The summed E-state index contributed by atoms with van der Waals surface area (Å²) in [6.07, 6.45) is 10.2. The highest BCUT2D eigenvalue weighted by molar-refractivity contribution is 4.95. The number of nitrogens with one attached hydrogen (secondary N) is 1. The van der Waals surface area contributed by atoms with Crippen molar-refractivity contribution in [3.05, 3.63) is 0 Å². The largest absolute Gasteiger partial charge is 0.314 e. The first-order valence-electron chi connectivity index (χ1n) is 8.77. The van der Waals surface area contributed by atoms with Crippen LogP contribution in [0.4, 0.5) is 0 Å². The van der Waals surface area contributed by atoms with Crippen molar-refractivity contribution in [3.8, 4) is 0 Å². The highest BCUT2D eigenvalue weighted by atomic mass is 15.2. The molecule has 2 nitrogen and oxygen atoms in total. The fourth-order valence-corrected chi connectivity index (χ4v) is 5.02. The number of fused-ring (bicyclic) bond motifs is 2. The minimum absolute atomic E-state index is 0.798. The molecular weight excluding hydrogens is 232 g/mol. The van der Waals surface area contributed by atoms with Gasteiger partial charge in [0.1, 0.15) is 0 Å². The first-order chi connectivity index (χ1) is 9.30. The number of nitrogens with zero attached hydrogens (tertiary/aromatic N) is 1. The van der Waals surface area contributed by atoms with E-state index < -0.39 is 0 Å². The molecule has 2 heteroatoms. The Bertz CT molecular complexity index is 291. The minimum Gasteiger partial charge on any atom is -0.314 e. The van der Waals surface area contributed by atoms with Gasteiger partial charge in [0, 0.05) is 25.2 Å². The van der Waals surface area contributed by atoms with Crippen LogP contribution >= 0.6 is 0 Å². The highest BCUT2D eigenvalue weighted by Gasteiger charge is 2.40. The van der Waals surface area contributed by atoms with Crippen molar-refractivity contribution in [2.24, 2.45) is 17.8 Å². The molecule has 0 aromatic heterocycles. The van der Waals surface area contributed by atoms with Crippen molar-refractivity contribution in [1.82, 2.24) is 10.2 Å². The molecule has 110 valence electrons. The van der Waals surface area contributed by atoms with Crippen LogP contribution in [0.3, 0.4) is 0 Å². The van der Waals surface area contributed by atoms with Crippen LogP contribution in [0, 0.1) is 17.8 Å². The first kappa shape index (κ1) is 13.9. The molecule has 3 fully saturated rings. The van der Waals surface area contributed by atoms with Gasteiger partial charge in [-0.15, -0.1) is 0 Å². The third-order valence-corrected chi connectivity index (χ3v) is 6.13. The van der Waals surface area contributed by atoms with Crippen LogP contribution in [-0.2, 0) is 0 Å². The van der Waals surface area contributed by atoms with E-state index in [1.165, 1.54) is 58.0 Å². The quantitative estimate of drug-likeness (QED) is 0.820. The maximum atomic E-state index is 3.77. The van der Waals surface area contributed by atoms with E-state index in [0.717, 1.165) is 36.4 Å². The van der Waals surface area contributed by atoms with E-state index in [1.807, 2.05) is 0 Å². The number of rotatable bonds is 5. The molecule has 0 aromatic rings. The molecule has 1 N–H and O–H groups in total. The van der Waals surface area contributed by atoms with E-state index in [4.69, 9.17) is 0 Å². The average Bonchev–Trinajstić information content (AvgIpc) is 3.03. The molecule has 5 atom stereocenters. The second kappa shape index (κ2) is 6.13. The summed E-state index contributed by atoms with van der Waals surface area (Å²) < 4.78 is 0. The number of piperidine rings is 1. The van der Waals surface area contributed by atoms with Crippen LogP contribution in [0.2, 0.25) is 0 Å². The lowest BCUT2D eigenvalue weighted by atomic mass is 9.76. The van der Waals surface area contributed by atoms with Crippen molar-refractivity contribution >= 4 is 0 Å². The summed E-state index contributed by atoms with van der Waals surface area (Å²) in [5.41, 5.74) is 0. The van der Waals surface area contributed by atoms with E-state index in [2.05, 4.69) is 24.1 Å². The highest BCUT2D eigenvalue weighted by Crippen LogP contribution is 2.39. The summed E-state index contributed by atoms with van der Waals surface area (Å²) in [6, 6.07) is 1.75. The zero-order chi connectivity index (χ0) is 13.2. The van der Waals surface area contributed by atoms with E-state index >= 15 is 0 Å².